The molecule has 1 heterocycles. The molecule has 0 saturated carbocycles. The van der Waals surface area contributed by atoms with Gasteiger partial charge in [-0.2, -0.15) is 0 Å². The zero-order valence-electron chi connectivity index (χ0n) is 10.6. The molecule has 1 aromatic rings. The molecule has 0 atom stereocenters. The fourth-order valence-corrected chi connectivity index (χ4v) is 1.97. The summed E-state index contributed by atoms with van der Waals surface area (Å²) >= 11 is 0. The van der Waals surface area contributed by atoms with E-state index in [2.05, 4.69) is 4.98 Å². The van der Waals surface area contributed by atoms with Gasteiger partial charge in [0, 0.05) is 19.0 Å². The third kappa shape index (κ3) is 5.27. The summed E-state index contributed by atoms with van der Waals surface area (Å²) in [4.78, 5) is 15.0. The number of aliphatic hydroxyl groups excluding tert-OH is 1. The number of carbonyl (C=O) groups is 1. The number of aromatic nitrogens is 1. The predicted molar refractivity (Wildman–Crippen MR) is 69.7 cm³/mol. The van der Waals surface area contributed by atoms with E-state index in [1.165, 1.54) is 6.20 Å². The highest BCUT2D eigenvalue weighted by molar-refractivity contribution is 5.89. The van der Waals surface area contributed by atoms with Crippen LogP contribution in [0.4, 0.5) is 0 Å². The Labute approximate surface area is 108 Å². The molecular formula is C14H21NO3. The number of carboxylic acids is 1. The lowest BCUT2D eigenvalue weighted by atomic mass is 10.0. The molecule has 0 bridgehead atoms. The van der Waals surface area contributed by atoms with Gasteiger partial charge in [-0.25, -0.2) is 4.79 Å². The fourth-order valence-electron chi connectivity index (χ4n) is 1.97. The molecule has 0 aliphatic carbocycles. The van der Waals surface area contributed by atoms with Gasteiger partial charge in [-0.05, 0) is 30.9 Å². The van der Waals surface area contributed by atoms with Gasteiger partial charge in [-0.1, -0.05) is 25.7 Å². The smallest absolute Gasteiger partial charge is 0.336 e. The van der Waals surface area contributed by atoms with Gasteiger partial charge in [0.25, 0.3) is 0 Å². The summed E-state index contributed by atoms with van der Waals surface area (Å²) in [6.45, 7) is 0.275. The number of carboxylic acid groups (broad SMARTS) is 1. The van der Waals surface area contributed by atoms with E-state index >= 15 is 0 Å². The van der Waals surface area contributed by atoms with E-state index in [0.29, 0.717) is 5.56 Å². The second-order valence-electron chi connectivity index (χ2n) is 4.43. The topological polar surface area (TPSA) is 70.4 Å². The third-order valence-corrected chi connectivity index (χ3v) is 2.99. The largest absolute Gasteiger partial charge is 0.478 e. The molecule has 0 radical (unpaired) electrons. The van der Waals surface area contributed by atoms with Crippen LogP contribution in [-0.2, 0) is 6.42 Å². The summed E-state index contributed by atoms with van der Waals surface area (Å²) in [6.07, 6.45) is 10.3. The van der Waals surface area contributed by atoms with Gasteiger partial charge in [-0.15, -0.1) is 0 Å². The van der Waals surface area contributed by atoms with Crippen LogP contribution in [0, 0.1) is 0 Å². The summed E-state index contributed by atoms with van der Waals surface area (Å²) in [6, 6.07) is 1.55. The highest BCUT2D eigenvalue weighted by Gasteiger charge is 2.08. The number of unbranched alkanes of at least 4 members (excludes halogenated alkanes) is 5. The van der Waals surface area contributed by atoms with Gasteiger partial charge >= 0.3 is 5.97 Å². The van der Waals surface area contributed by atoms with Gasteiger partial charge in [0.1, 0.15) is 0 Å². The summed E-state index contributed by atoms with van der Waals surface area (Å²) in [7, 11) is 0. The molecule has 1 rings (SSSR count). The lowest BCUT2D eigenvalue weighted by molar-refractivity contribution is 0.0695. The Balaban J connectivity index is 2.25. The SMILES string of the molecule is O=C(O)c1ccncc1CCCCCCCCO. The minimum Gasteiger partial charge on any atom is -0.478 e. The third-order valence-electron chi connectivity index (χ3n) is 2.99. The zero-order valence-corrected chi connectivity index (χ0v) is 10.6. The molecule has 18 heavy (non-hydrogen) atoms. The average molecular weight is 251 g/mol. The number of aliphatic hydroxyl groups is 1. The lowest BCUT2D eigenvalue weighted by Gasteiger charge is -2.05. The van der Waals surface area contributed by atoms with E-state index in [4.69, 9.17) is 10.2 Å². The normalized spacial score (nSPS) is 10.5. The van der Waals surface area contributed by atoms with Crippen molar-refractivity contribution in [1.82, 2.24) is 4.98 Å². The first-order valence-electron chi connectivity index (χ1n) is 6.52. The zero-order chi connectivity index (χ0) is 13.2. The number of hydrogen-bond donors (Lipinski definition) is 2. The summed E-state index contributed by atoms with van der Waals surface area (Å²) in [5.41, 5.74) is 1.19. The maximum atomic E-state index is 11.0. The molecule has 0 amide bonds. The van der Waals surface area contributed by atoms with E-state index in [-0.39, 0.29) is 6.61 Å². The summed E-state index contributed by atoms with van der Waals surface area (Å²) in [5.74, 6) is -0.879. The van der Waals surface area contributed by atoms with Gasteiger partial charge in [-0.3, -0.25) is 4.98 Å². The number of hydrogen-bond acceptors (Lipinski definition) is 3. The second-order valence-corrected chi connectivity index (χ2v) is 4.43. The van der Waals surface area contributed by atoms with Crippen LogP contribution >= 0.6 is 0 Å². The molecule has 4 heteroatoms. The maximum absolute atomic E-state index is 11.0. The minimum absolute atomic E-state index is 0.275. The Bertz CT molecular complexity index is 366. The van der Waals surface area contributed by atoms with Crippen LogP contribution in [0.25, 0.3) is 0 Å². The summed E-state index contributed by atoms with van der Waals surface area (Å²) in [5, 5.41) is 17.7. The van der Waals surface area contributed by atoms with Gasteiger partial charge in [0.05, 0.1) is 5.56 Å². The second kappa shape index (κ2) is 8.64. The van der Waals surface area contributed by atoms with Crippen molar-refractivity contribution in [3.63, 3.8) is 0 Å². The van der Waals surface area contributed by atoms with E-state index in [1.54, 1.807) is 12.3 Å². The average Bonchev–Trinajstić information content (AvgIpc) is 2.38. The van der Waals surface area contributed by atoms with Crippen LogP contribution in [0.15, 0.2) is 18.5 Å². The van der Waals surface area contributed by atoms with Crippen LogP contribution in [0.2, 0.25) is 0 Å². The Morgan fingerprint density at radius 2 is 1.78 bits per heavy atom. The molecule has 0 unspecified atom stereocenters. The predicted octanol–water partition coefficient (Wildman–Crippen LogP) is 2.66. The van der Waals surface area contributed by atoms with Crippen LogP contribution in [-0.4, -0.2) is 27.8 Å². The van der Waals surface area contributed by atoms with Gasteiger partial charge in [0.15, 0.2) is 0 Å². The van der Waals surface area contributed by atoms with Crippen molar-refractivity contribution in [2.75, 3.05) is 6.61 Å². The molecule has 0 aromatic carbocycles. The number of nitrogens with zero attached hydrogens (tertiary/aromatic N) is 1. The van der Waals surface area contributed by atoms with Crippen LogP contribution in [0.3, 0.4) is 0 Å². The van der Waals surface area contributed by atoms with Crippen molar-refractivity contribution in [2.24, 2.45) is 0 Å². The van der Waals surface area contributed by atoms with Crippen LogP contribution < -0.4 is 0 Å². The molecule has 0 saturated heterocycles. The minimum atomic E-state index is -0.879. The monoisotopic (exact) mass is 251 g/mol. The first kappa shape index (κ1) is 14.6. The van der Waals surface area contributed by atoms with E-state index in [9.17, 15) is 4.79 Å². The van der Waals surface area contributed by atoms with Gasteiger partial charge < -0.3 is 10.2 Å². The Kier molecular flexibility index (Phi) is 7.03. The Morgan fingerprint density at radius 3 is 2.44 bits per heavy atom. The summed E-state index contributed by atoms with van der Waals surface area (Å²) < 4.78 is 0. The van der Waals surface area contributed by atoms with E-state index in [0.717, 1.165) is 50.5 Å². The standard InChI is InChI=1S/C14H21NO3/c16-10-6-4-2-1-3-5-7-12-11-15-9-8-13(12)14(17)18/h8-9,11,16H,1-7,10H2,(H,17,18). The molecule has 0 aliphatic heterocycles. The molecule has 100 valence electrons. The fraction of sp³-hybridized carbons (Fsp3) is 0.571. The molecule has 2 N–H and O–H groups in total. The maximum Gasteiger partial charge on any atom is 0.336 e. The number of pyridine rings is 1. The van der Waals surface area contributed by atoms with Crippen LogP contribution in [0.5, 0.6) is 0 Å². The highest BCUT2D eigenvalue weighted by Crippen LogP contribution is 2.13. The Morgan fingerprint density at radius 1 is 1.11 bits per heavy atom. The van der Waals surface area contributed by atoms with Crippen molar-refractivity contribution in [2.45, 2.75) is 44.9 Å². The molecule has 4 nitrogen and oxygen atoms in total. The quantitative estimate of drug-likeness (QED) is 0.662. The first-order valence-corrected chi connectivity index (χ1v) is 6.52. The van der Waals surface area contributed by atoms with Gasteiger partial charge in [0.2, 0.25) is 0 Å². The molecular weight excluding hydrogens is 230 g/mol. The van der Waals surface area contributed by atoms with Crippen molar-refractivity contribution in [1.29, 1.82) is 0 Å². The lowest BCUT2D eigenvalue weighted by Crippen LogP contribution is -2.03. The number of aromatic carboxylic acids is 1. The van der Waals surface area contributed by atoms with Crippen molar-refractivity contribution in [3.05, 3.63) is 29.6 Å². The van der Waals surface area contributed by atoms with Crippen LogP contribution in [0.1, 0.15) is 54.4 Å². The molecule has 0 fully saturated rings. The number of aryl methyl sites for hydroxylation is 1. The Hall–Kier alpha value is -1.42. The number of rotatable bonds is 9. The first-order chi connectivity index (χ1) is 8.75. The van der Waals surface area contributed by atoms with Crippen molar-refractivity contribution >= 4 is 5.97 Å². The molecule has 1 aromatic heterocycles. The van der Waals surface area contributed by atoms with Crippen molar-refractivity contribution in [3.8, 4) is 0 Å². The van der Waals surface area contributed by atoms with E-state index < -0.39 is 5.97 Å². The molecule has 0 spiro atoms. The van der Waals surface area contributed by atoms with E-state index in [1.807, 2.05) is 0 Å². The highest BCUT2D eigenvalue weighted by atomic mass is 16.4. The molecule has 0 aliphatic rings. The van der Waals surface area contributed by atoms with Crippen molar-refractivity contribution < 1.29 is 15.0 Å².